The van der Waals surface area contributed by atoms with Crippen molar-refractivity contribution in [1.82, 2.24) is 10.6 Å². The van der Waals surface area contributed by atoms with Crippen molar-refractivity contribution in [2.75, 3.05) is 0 Å². The number of benzene rings is 2. The van der Waals surface area contributed by atoms with E-state index in [1.54, 1.807) is 0 Å². The average molecular weight is 417 g/mol. The van der Waals surface area contributed by atoms with Crippen molar-refractivity contribution in [3.63, 3.8) is 0 Å². The summed E-state index contributed by atoms with van der Waals surface area (Å²) in [6, 6.07) is 17.3. The second kappa shape index (κ2) is 10.1. The molecular formula is C21H25BrN2O2. The lowest BCUT2D eigenvalue weighted by Gasteiger charge is -2.22. The quantitative estimate of drug-likeness (QED) is 0.656. The molecule has 0 aliphatic carbocycles. The summed E-state index contributed by atoms with van der Waals surface area (Å²) in [5, 5.41) is 6.00. The topological polar surface area (TPSA) is 58.2 Å². The molecule has 26 heavy (non-hydrogen) atoms. The zero-order valence-electron chi connectivity index (χ0n) is 15.2. The summed E-state index contributed by atoms with van der Waals surface area (Å²) in [5.41, 5.74) is 2.01. The maximum Gasteiger partial charge on any atom is 0.222 e. The fourth-order valence-electron chi connectivity index (χ4n) is 2.93. The van der Waals surface area contributed by atoms with E-state index in [1.165, 1.54) is 6.92 Å². The molecule has 2 aromatic rings. The molecule has 4 nitrogen and oxygen atoms in total. The zero-order valence-corrected chi connectivity index (χ0v) is 16.8. The van der Waals surface area contributed by atoms with Crippen LogP contribution in [-0.4, -0.2) is 11.8 Å². The summed E-state index contributed by atoms with van der Waals surface area (Å²) in [6.07, 6.45) is 2.05. The second-order valence-electron chi connectivity index (χ2n) is 6.33. The van der Waals surface area contributed by atoms with Crippen molar-refractivity contribution in [3.8, 4) is 0 Å². The van der Waals surface area contributed by atoms with E-state index in [1.807, 2.05) is 54.6 Å². The highest BCUT2D eigenvalue weighted by molar-refractivity contribution is 9.10. The standard InChI is InChI=1S/C21H25BrN2O2/c1-3-7-19(16-8-5-4-6-9-16)24-21(26)14-20(23-15(2)25)17-10-12-18(22)13-11-17/h4-6,8-13,19-20H,3,7,14H2,1-2H3,(H,23,25)(H,24,26). The van der Waals surface area contributed by atoms with E-state index >= 15 is 0 Å². The fraction of sp³-hybridized carbons (Fsp3) is 0.333. The summed E-state index contributed by atoms with van der Waals surface area (Å²) in [7, 11) is 0. The molecule has 2 N–H and O–H groups in total. The Balaban J connectivity index is 2.09. The molecule has 0 bridgehead atoms. The first kappa shape index (κ1) is 20.2. The summed E-state index contributed by atoms with van der Waals surface area (Å²) in [6.45, 7) is 3.57. The molecule has 2 atom stereocenters. The van der Waals surface area contributed by atoms with Crippen LogP contribution in [0.3, 0.4) is 0 Å². The number of hydrogen-bond acceptors (Lipinski definition) is 2. The second-order valence-corrected chi connectivity index (χ2v) is 7.24. The number of carbonyl (C=O) groups is 2. The van der Waals surface area contributed by atoms with Crippen LogP contribution in [0.25, 0.3) is 0 Å². The highest BCUT2D eigenvalue weighted by atomic mass is 79.9. The lowest BCUT2D eigenvalue weighted by molar-refractivity contribution is -0.123. The van der Waals surface area contributed by atoms with E-state index in [2.05, 4.69) is 33.5 Å². The Morgan fingerprint density at radius 1 is 0.923 bits per heavy atom. The van der Waals surface area contributed by atoms with Gasteiger partial charge in [-0.3, -0.25) is 9.59 Å². The number of carbonyl (C=O) groups excluding carboxylic acids is 2. The van der Waals surface area contributed by atoms with Gasteiger partial charge in [0.05, 0.1) is 18.5 Å². The van der Waals surface area contributed by atoms with Crippen molar-refractivity contribution in [2.45, 2.75) is 45.2 Å². The van der Waals surface area contributed by atoms with Crippen LogP contribution in [0.5, 0.6) is 0 Å². The molecule has 0 fully saturated rings. The number of hydrogen-bond donors (Lipinski definition) is 2. The van der Waals surface area contributed by atoms with Gasteiger partial charge in [0.25, 0.3) is 0 Å². The minimum absolute atomic E-state index is 0.0170. The van der Waals surface area contributed by atoms with Gasteiger partial charge in [-0.2, -0.15) is 0 Å². The van der Waals surface area contributed by atoms with Crippen molar-refractivity contribution in [2.24, 2.45) is 0 Å². The smallest absolute Gasteiger partial charge is 0.222 e. The van der Waals surface area contributed by atoms with Crippen molar-refractivity contribution in [3.05, 3.63) is 70.2 Å². The van der Waals surface area contributed by atoms with Gasteiger partial charge in [-0.05, 0) is 29.7 Å². The molecule has 2 rings (SSSR count). The van der Waals surface area contributed by atoms with Gasteiger partial charge in [-0.15, -0.1) is 0 Å². The first-order chi connectivity index (χ1) is 12.5. The molecule has 2 unspecified atom stereocenters. The van der Waals surface area contributed by atoms with E-state index < -0.39 is 0 Å². The molecule has 0 aliphatic heterocycles. The van der Waals surface area contributed by atoms with Crippen LogP contribution in [0.1, 0.15) is 56.3 Å². The Bertz CT molecular complexity index is 717. The van der Waals surface area contributed by atoms with Crippen molar-refractivity contribution >= 4 is 27.7 Å². The van der Waals surface area contributed by atoms with Gasteiger partial charge in [0.1, 0.15) is 0 Å². The summed E-state index contributed by atoms with van der Waals surface area (Å²) >= 11 is 3.41. The van der Waals surface area contributed by atoms with Gasteiger partial charge in [0.15, 0.2) is 0 Å². The molecule has 138 valence electrons. The monoisotopic (exact) mass is 416 g/mol. The number of rotatable bonds is 8. The first-order valence-corrected chi connectivity index (χ1v) is 9.65. The molecular weight excluding hydrogens is 392 g/mol. The molecule has 0 saturated carbocycles. The van der Waals surface area contributed by atoms with Crippen molar-refractivity contribution < 1.29 is 9.59 Å². The Morgan fingerprint density at radius 2 is 1.54 bits per heavy atom. The molecule has 0 heterocycles. The van der Waals surface area contributed by atoms with E-state index in [0.29, 0.717) is 0 Å². The van der Waals surface area contributed by atoms with Crippen LogP contribution in [0.4, 0.5) is 0 Å². The molecule has 2 amide bonds. The average Bonchev–Trinajstić information content (AvgIpc) is 2.62. The molecule has 2 aromatic carbocycles. The highest BCUT2D eigenvalue weighted by Crippen LogP contribution is 2.22. The van der Waals surface area contributed by atoms with E-state index in [-0.39, 0.29) is 30.3 Å². The SMILES string of the molecule is CCCC(NC(=O)CC(NC(C)=O)c1ccc(Br)cc1)c1ccccc1. The van der Waals surface area contributed by atoms with Crippen LogP contribution < -0.4 is 10.6 Å². The summed E-state index contributed by atoms with van der Waals surface area (Å²) in [5.74, 6) is -0.229. The minimum atomic E-state index is -0.348. The van der Waals surface area contributed by atoms with Crippen LogP contribution >= 0.6 is 15.9 Å². The van der Waals surface area contributed by atoms with E-state index in [0.717, 1.165) is 28.4 Å². The van der Waals surface area contributed by atoms with Gasteiger partial charge >= 0.3 is 0 Å². The predicted octanol–water partition coefficient (Wildman–Crippen LogP) is 4.67. The van der Waals surface area contributed by atoms with Crippen LogP contribution in [0.2, 0.25) is 0 Å². The first-order valence-electron chi connectivity index (χ1n) is 8.86. The van der Waals surface area contributed by atoms with Gasteiger partial charge < -0.3 is 10.6 Å². The molecule has 5 heteroatoms. The fourth-order valence-corrected chi connectivity index (χ4v) is 3.19. The number of amides is 2. The van der Waals surface area contributed by atoms with Crippen LogP contribution in [0.15, 0.2) is 59.1 Å². The minimum Gasteiger partial charge on any atom is -0.349 e. The zero-order chi connectivity index (χ0) is 18.9. The van der Waals surface area contributed by atoms with Gasteiger partial charge in [0.2, 0.25) is 11.8 Å². The van der Waals surface area contributed by atoms with Gasteiger partial charge in [-0.1, -0.05) is 71.7 Å². The number of nitrogens with one attached hydrogen (secondary N) is 2. The van der Waals surface area contributed by atoms with Gasteiger partial charge in [-0.25, -0.2) is 0 Å². The summed E-state index contributed by atoms with van der Waals surface area (Å²) < 4.78 is 0.958. The largest absolute Gasteiger partial charge is 0.349 e. The molecule has 0 radical (unpaired) electrons. The van der Waals surface area contributed by atoms with Crippen LogP contribution in [0, 0.1) is 0 Å². The Labute approximate surface area is 163 Å². The lowest BCUT2D eigenvalue weighted by Crippen LogP contribution is -2.34. The summed E-state index contributed by atoms with van der Waals surface area (Å²) in [4.78, 5) is 24.2. The maximum atomic E-state index is 12.7. The third kappa shape index (κ3) is 6.30. The predicted molar refractivity (Wildman–Crippen MR) is 108 cm³/mol. The lowest BCUT2D eigenvalue weighted by atomic mass is 10.00. The Kier molecular flexibility index (Phi) is 7.85. The molecule has 0 saturated heterocycles. The Morgan fingerprint density at radius 3 is 2.12 bits per heavy atom. The third-order valence-electron chi connectivity index (χ3n) is 4.15. The van der Waals surface area contributed by atoms with E-state index in [4.69, 9.17) is 0 Å². The molecule has 0 aliphatic rings. The molecule has 0 aromatic heterocycles. The molecule has 0 spiro atoms. The number of halogens is 1. The third-order valence-corrected chi connectivity index (χ3v) is 4.68. The highest BCUT2D eigenvalue weighted by Gasteiger charge is 2.20. The van der Waals surface area contributed by atoms with Crippen molar-refractivity contribution in [1.29, 1.82) is 0 Å². The van der Waals surface area contributed by atoms with Crippen LogP contribution in [-0.2, 0) is 9.59 Å². The Hall–Kier alpha value is -2.14. The van der Waals surface area contributed by atoms with Gasteiger partial charge in [0, 0.05) is 11.4 Å². The van der Waals surface area contributed by atoms with E-state index in [9.17, 15) is 9.59 Å². The maximum absolute atomic E-state index is 12.7. The normalized spacial score (nSPS) is 12.9.